The number of piperidine rings is 1. The molecule has 6 rings (SSSR count). The number of likely N-dealkylation sites (tertiary alicyclic amines) is 1. The molecule has 4 heterocycles. The standard InChI is InChI=1S/C24H17ClF3N3O2S/c25-22-29-15-6-5-14(13-18(15)34-22)21(32)30-11-9-23(10-12-30)19-7-8-20(24(26,27)28)31(19)16-3-1-2-4-17(16)33-23/h1-8,13H,9-12H2. The maximum absolute atomic E-state index is 13.8. The smallest absolute Gasteiger partial charge is 0.431 e. The summed E-state index contributed by atoms with van der Waals surface area (Å²) in [6, 6.07) is 14.6. The first-order valence-corrected chi connectivity index (χ1v) is 11.9. The summed E-state index contributed by atoms with van der Waals surface area (Å²) in [6.45, 7) is 0.712. The fourth-order valence-electron chi connectivity index (χ4n) is 4.91. The SMILES string of the molecule is O=C(c1ccc2nc(Cl)sc2c1)N1CCC2(CC1)Oc1ccccc1-n1c(C(F)(F)F)ccc12. The molecule has 1 fully saturated rings. The Hall–Kier alpha value is -3.04. The maximum Gasteiger partial charge on any atom is 0.431 e. The van der Waals surface area contributed by atoms with Crippen LogP contribution in [0.5, 0.6) is 5.75 Å². The fourth-order valence-corrected chi connectivity index (χ4v) is 5.98. The van der Waals surface area contributed by atoms with E-state index < -0.39 is 17.5 Å². The number of carbonyl (C=O) groups excluding carboxylic acids is 1. The number of amides is 1. The second kappa shape index (κ2) is 7.48. The van der Waals surface area contributed by atoms with Crippen LogP contribution in [0.2, 0.25) is 4.47 Å². The number of rotatable bonds is 1. The number of alkyl halides is 3. The number of benzene rings is 2. The van der Waals surface area contributed by atoms with E-state index >= 15 is 0 Å². The summed E-state index contributed by atoms with van der Waals surface area (Å²) in [5, 5.41) is 0. The van der Waals surface area contributed by atoms with Crippen LogP contribution in [-0.4, -0.2) is 33.4 Å². The van der Waals surface area contributed by atoms with Crippen molar-refractivity contribution in [3.63, 3.8) is 0 Å². The molecule has 0 aliphatic carbocycles. The third-order valence-electron chi connectivity index (χ3n) is 6.52. The lowest BCUT2D eigenvalue weighted by Gasteiger charge is -2.45. The van der Waals surface area contributed by atoms with Crippen LogP contribution in [0.1, 0.15) is 34.6 Å². The normalized spacial score (nSPS) is 16.9. The van der Waals surface area contributed by atoms with Crippen LogP contribution in [0.25, 0.3) is 15.9 Å². The van der Waals surface area contributed by atoms with Crippen LogP contribution >= 0.6 is 22.9 Å². The zero-order valence-corrected chi connectivity index (χ0v) is 19.2. The molecule has 2 aromatic heterocycles. The molecule has 0 atom stereocenters. The molecule has 34 heavy (non-hydrogen) atoms. The van der Waals surface area contributed by atoms with Gasteiger partial charge in [-0.15, -0.1) is 11.3 Å². The second-order valence-electron chi connectivity index (χ2n) is 8.44. The van der Waals surface area contributed by atoms with Gasteiger partial charge in [0.25, 0.3) is 5.91 Å². The van der Waals surface area contributed by atoms with Gasteiger partial charge in [-0.3, -0.25) is 4.79 Å². The lowest BCUT2D eigenvalue weighted by molar-refractivity contribution is -0.143. The van der Waals surface area contributed by atoms with E-state index in [9.17, 15) is 18.0 Å². The van der Waals surface area contributed by atoms with E-state index in [1.807, 2.05) is 0 Å². The number of aromatic nitrogens is 2. The molecular formula is C24H17ClF3N3O2S. The Kier molecular flexibility index (Phi) is 4.73. The summed E-state index contributed by atoms with van der Waals surface area (Å²) >= 11 is 7.29. The molecule has 2 aromatic carbocycles. The molecular weight excluding hydrogens is 487 g/mol. The topological polar surface area (TPSA) is 47.4 Å². The molecule has 2 aliphatic heterocycles. The Balaban J connectivity index is 1.31. The van der Waals surface area contributed by atoms with Crippen molar-refractivity contribution in [1.29, 1.82) is 0 Å². The minimum Gasteiger partial charge on any atom is -0.479 e. The minimum atomic E-state index is -4.50. The van der Waals surface area contributed by atoms with Gasteiger partial charge in [0, 0.05) is 31.5 Å². The van der Waals surface area contributed by atoms with Crippen LogP contribution in [-0.2, 0) is 11.8 Å². The highest BCUT2D eigenvalue weighted by molar-refractivity contribution is 7.22. The molecule has 0 radical (unpaired) electrons. The number of nitrogens with zero attached hydrogens (tertiary/aromatic N) is 3. The van der Waals surface area contributed by atoms with Gasteiger partial charge >= 0.3 is 6.18 Å². The van der Waals surface area contributed by atoms with E-state index in [-0.39, 0.29) is 5.91 Å². The number of thiazole rings is 1. The Bertz CT molecular complexity index is 1440. The molecule has 1 saturated heterocycles. The fraction of sp³-hybridized carbons (Fsp3) is 0.250. The quantitative estimate of drug-likeness (QED) is 0.307. The van der Waals surface area contributed by atoms with Gasteiger partial charge in [0.2, 0.25) is 0 Å². The van der Waals surface area contributed by atoms with Crippen molar-refractivity contribution < 1.29 is 22.7 Å². The van der Waals surface area contributed by atoms with Gasteiger partial charge in [-0.05, 0) is 42.5 Å². The lowest BCUT2D eigenvalue weighted by atomic mass is 9.86. The van der Waals surface area contributed by atoms with E-state index in [0.717, 1.165) is 16.3 Å². The molecule has 174 valence electrons. The van der Waals surface area contributed by atoms with Gasteiger partial charge in [0.05, 0.1) is 21.6 Å². The van der Waals surface area contributed by atoms with Crippen LogP contribution in [0, 0.1) is 0 Å². The van der Waals surface area contributed by atoms with Crippen molar-refractivity contribution in [2.75, 3.05) is 13.1 Å². The predicted octanol–water partition coefficient (Wildman–Crippen LogP) is 6.28. The molecule has 10 heteroatoms. The first-order chi connectivity index (χ1) is 16.2. The van der Waals surface area contributed by atoms with Crippen molar-refractivity contribution in [2.45, 2.75) is 24.6 Å². The zero-order valence-electron chi connectivity index (χ0n) is 17.6. The number of hydrogen-bond acceptors (Lipinski definition) is 4. The average Bonchev–Trinajstić information content (AvgIpc) is 3.43. The molecule has 4 aromatic rings. The highest BCUT2D eigenvalue weighted by Gasteiger charge is 2.48. The Labute approximate surface area is 201 Å². The van der Waals surface area contributed by atoms with Gasteiger partial charge in [-0.2, -0.15) is 13.2 Å². The summed E-state index contributed by atoms with van der Waals surface area (Å²) in [7, 11) is 0. The van der Waals surface area contributed by atoms with E-state index in [2.05, 4.69) is 4.98 Å². The zero-order chi connectivity index (χ0) is 23.7. The van der Waals surface area contributed by atoms with Gasteiger partial charge in [-0.25, -0.2) is 4.98 Å². The third kappa shape index (κ3) is 3.29. The Morgan fingerprint density at radius 2 is 1.85 bits per heavy atom. The minimum absolute atomic E-state index is 0.135. The van der Waals surface area contributed by atoms with Crippen molar-refractivity contribution in [3.05, 3.63) is 76.0 Å². The van der Waals surface area contributed by atoms with Crippen LogP contribution in [0.15, 0.2) is 54.6 Å². The lowest BCUT2D eigenvalue weighted by Crippen LogP contribution is -2.50. The monoisotopic (exact) mass is 503 g/mol. The van der Waals surface area contributed by atoms with Crippen molar-refractivity contribution in [2.24, 2.45) is 0 Å². The van der Waals surface area contributed by atoms with Crippen LogP contribution in [0.3, 0.4) is 0 Å². The van der Waals surface area contributed by atoms with Gasteiger partial charge in [0.1, 0.15) is 11.4 Å². The molecule has 1 amide bonds. The number of ether oxygens (including phenoxy) is 1. The highest BCUT2D eigenvalue weighted by atomic mass is 35.5. The molecule has 0 bridgehead atoms. The molecule has 2 aliphatic rings. The average molecular weight is 504 g/mol. The summed E-state index contributed by atoms with van der Waals surface area (Å²) in [4.78, 5) is 19.1. The Morgan fingerprint density at radius 3 is 2.62 bits per heavy atom. The van der Waals surface area contributed by atoms with Crippen LogP contribution in [0.4, 0.5) is 13.2 Å². The summed E-state index contributed by atoms with van der Waals surface area (Å²) < 4.78 is 50.3. The molecule has 5 nitrogen and oxygen atoms in total. The molecule has 1 spiro atoms. The summed E-state index contributed by atoms with van der Waals surface area (Å²) in [5.41, 5.74) is 0.430. The second-order valence-corrected chi connectivity index (χ2v) is 10.1. The van der Waals surface area contributed by atoms with E-state index in [0.29, 0.717) is 53.1 Å². The summed E-state index contributed by atoms with van der Waals surface area (Å²) in [6.07, 6.45) is -3.75. The first-order valence-electron chi connectivity index (χ1n) is 10.7. The number of halogens is 4. The van der Waals surface area contributed by atoms with E-state index in [1.54, 1.807) is 47.4 Å². The van der Waals surface area contributed by atoms with E-state index in [1.165, 1.54) is 22.0 Å². The number of para-hydroxylation sites is 2. The largest absolute Gasteiger partial charge is 0.479 e. The first kappa shape index (κ1) is 21.5. The third-order valence-corrected chi connectivity index (χ3v) is 7.64. The summed E-state index contributed by atoms with van der Waals surface area (Å²) in [5.74, 6) is 0.271. The van der Waals surface area contributed by atoms with Gasteiger partial charge in [0.15, 0.2) is 10.1 Å². The Morgan fingerprint density at radius 1 is 1.09 bits per heavy atom. The van der Waals surface area contributed by atoms with Crippen molar-refractivity contribution >= 4 is 39.1 Å². The predicted molar refractivity (Wildman–Crippen MR) is 123 cm³/mol. The number of carbonyl (C=O) groups is 1. The molecule has 0 saturated carbocycles. The van der Waals surface area contributed by atoms with Gasteiger partial charge in [-0.1, -0.05) is 23.7 Å². The number of fused-ring (bicyclic) bond motifs is 5. The van der Waals surface area contributed by atoms with Crippen LogP contribution < -0.4 is 4.74 Å². The van der Waals surface area contributed by atoms with E-state index in [4.69, 9.17) is 16.3 Å². The maximum atomic E-state index is 13.8. The van der Waals surface area contributed by atoms with Crippen molar-refractivity contribution in [3.8, 4) is 11.4 Å². The highest BCUT2D eigenvalue weighted by Crippen LogP contribution is 2.48. The number of hydrogen-bond donors (Lipinski definition) is 0. The van der Waals surface area contributed by atoms with Gasteiger partial charge < -0.3 is 14.2 Å². The molecule has 0 unspecified atom stereocenters. The van der Waals surface area contributed by atoms with Crippen molar-refractivity contribution in [1.82, 2.24) is 14.5 Å². The molecule has 0 N–H and O–H groups in total.